The fraction of sp³-hybridized carbons (Fsp3) is 0.889. The van der Waals surface area contributed by atoms with E-state index in [1.165, 1.54) is 4.90 Å². The molecule has 1 saturated heterocycles. The number of ether oxygens (including phenoxy) is 1. The monoisotopic (exact) mass is 189 g/mol. The predicted octanol–water partition coefficient (Wildman–Crippen LogP) is 1.96. The first kappa shape index (κ1) is 10.3. The largest absolute Gasteiger partial charge is 0.444 e. The lowest BCUT2D eigenvalue weighted by Crippen LogP contribution is -2.59. The Morgan fingerprint density at radius 3 is 2.38 bits per heavy atom. The average Bonchev–Trinajstić information content (AvgIpc) is 1.95. The van der Waals surface area contributed by atoms with Gasteiger partial charge in [0, 0.05) is 0 Å². The molecule has 0 N–H and O–H groups in total. The van der Waals surface area contributed by atoms with Crippen molar-refractivity contribution in [1.82, 2.24) is 4.90 Å². The summed E-state index contributed by atoms with van der Waals surface area (Å²) in [4.78, 5) is 12.7. The Morgan fingerprint density at radius 1 is 1.54 bits per heavy atom. The fourth-order valence-electron chi connectivity index (χ4n) is 1.13. The number of alkyl halides is 1. The summed E-state index contributed by atoms with van der Waals surface area (Å²) >= 11 is 0. The first-order valence-electron chi connectivity index (χ1n) is 4.45. The molecule has 1 aliphatic rings. The first-order valence-corrected chi connectivity index (χ1v) is 4.45. The van der Waals surface area contributed by atoms with Crippen molar-refractivity contribution in [3.8, 4) is 0 Å². The highest BCUT2D eigenvalue weighted by Gasteiger charge is 2.40. The average molecular weight is 189 g/mol. The van der Waals surface area contributed by atoms with Gasteiger partial charge >= 0.3 is 6.09 Å². The SMILES string of the molecule is C[C@H]1[C@@H](F)CN1C(=O)OC(C)(C)C. The van der Waals surface area contributed by atoms with Gasteiger partial charge in [-0.05, 0) is 27.7 Å². The van der Waals surface area contributed by atoms with E-state index >= 15 is 0 Å². The van der Waals surface area contributed by atoms with Crippen LogP contribution in [-0.2, 0) is 4.74 Å². The van der Waals surface area contributed by atoms with Crippen LogP contribution in [0.15, 0.2) is 0 Å². The van der Waals surface area contributed by atoms with Crippen LogP contribution in [-0.4, -0.2) is 35.4 Å². The molecule has 4 heteroatoms. The molecule has 0 unspecified atom stereocenters. The number of carbonyl (C=O) groups is 1. The molecule has 0 aromatic rings. The van der Waals surface area contributed by atoms with E-state index in [0.717, 1.165) is 0 Å². The van der Waals surface area contributed by atoms with Gasteiger partial charge in [0.25, 0.3) is 0 Å². The first-order chi connectivity index (χ1) is 5.81. The van der Waals surface area contributed by atoms with Crippen LogP contribution in [0, 0.1) is 0 Å². The van der Waals surface area contributed by atoms with Crippen LogP contribution in [0.1, 0.15) is 27.7 Å². The zero-order valence-electron chi connectivity index (χ0n) is 8.50. The van der Waals surface area contributed by atoms with Crippen molar-refractivity contribution < 1.29 is 13.9 Å². The van der Waals surface area contributed by atoms with E-state index in [1.807, 2.05) is 0 Å². The van der Waals surface area contributed by atoms with Crippen LogP contribution in [0.4, 0.5) is 9.18 Å². The van der Waals surface area contributed by atoms with Crippen molar-refractivity contribution in [3.05, 3.63) is 0 Å². The standard InChI is InChI=1S/C9H16FNO2/c1-6-7(10)5-11(6)8(12)13-9(2,3)4/h6-7H,5H2,1-4H3/t6-,7-/m0/s1. The summed E-state index contributed by atoms with van der Waals surface area (Å²) in [6, 6.07) is -0.338. The molecule has 3 nitrogen and oxygen atoms in total. The summed E-state index contributed by atoms with van der Waals surface area (Å²) in [6.07, 6.45) is -1.32. The summed E-state index contributed by atoms with van der Waals surface area (Å²) in [5, 5.41) is 0. The number of carbonyl (C=O) groups excluding carboxylic acids is 1. The highest BCUT2D eigenvalue weighted by Crippen LogP contribution is 2.23. The van der Waals surface area contributed by atoms with Crippen LogP contribution in [0.3, 0.4) is 0 Å². The third-order valence-electron chi connectivity index (χ3n) is 2.01. The van der Waals surface area contributed by atoms with Crippen molar-refractivity contribution in [1.29, 1.82) is 0 Å². The van der Waals surface area contributed by atoms with Crippen LogP contribution in [0.2, 0.25) is 0 Å². The van der Waals surface area contributed by atoms with E-state index in [-0.39, 0.29) is 12.6 Å². The molecule has 1 fully saturated rings. The smallest absolute Gasteiger partial charge is 0.410 e. The molecule has 2 atom stereocenters. The van der Waals surface area contributed by atoms with Crippen molar-refractivity contribution >= 4 is 6.09 Å². The zero-order valence-corrected chi connectivity index (χ0v) is 8.50. The molecule has 1 rings (SSSR count). The van der Waals surface area contributed by atoms with E-state index in [4.69, 9.17) is 4.74 Å². The summed E-state index contributed by atoms with van der Waals surface area (Å²) < 4.78 is 17.8. The van der Waals surface area contributed by atoms with Gasteiger partial charge in [0.2, 0.25) is 0 Å². The quantitative estimate of drug-likeness (QED) is 0.583. The Bertz CT molecular complexity index is 212. The van der Waals surface area contributed by atoms with Gasteiger partial charge in [-0.2, -0.15) is 0 Å². The molecular weight excluding hydrogens is 173 g/mol. The Hall–Kier alpha value is -0.800. The Balaban J connectivity index is 2.42. The van der Waals surface area contributed by atoms with Gasteiger partial charge in [0.05, 0.1) is 12.6 Å². The van der Waals surface area contributed by atoms with Gasteiger partial charge in [-0.1, -0.05) is 0 Å². The molecule has 0 aromatic carbocycles. The van der Waals surface area contributed by atoms with Gasteiger partial charge in [-0.25, -0.2) is 9.18 Å². The number of hydrogen-bond acceptors (Lipinski definition) is 2. The van der Waals surface area contributed by atoms with Gasteiger partial charge in [0.1, 0.15) is 11.8 Å². The van der Waals surface area contributed by atoms with Crippen molar-refractivity contribution in [3.63, 3.8) is 0 Å². The van der Waals surface area contributed by atoms with Crippen molar-refractivity contribution in [2.45, 2.75) is 45.5 Å². The normalized spacial score (nSPS) is 28.2. The van der Waals surface area contributed by atoms with Crippen LogP contribution < -0.4 is 0 Å². The molecular formula is C9H16FNO2. The fourth-order valence-corrected chi connectivity index (χ4v) is 1.13. The Morgan fingerprint density at radius 2 is 2.08 bits per heavy atom. The second-order valence-electron chi connectivity index (χ2n) is 4.39. The summed E-state index contributed by atoms with van der Waals surface area (Å²) in [5.74, 6) is 0. The van der Waals surface area contributed by atoms with E-state index in [1.54, 1.807) is 27.7 Å². The molecule has 0 radical (unpaired) electrons. The van der Waals surface area contributed by atoms with E-state index in [9.17, 15) is 9.18 Å². The van der Waals surface area contributed by atoms with E-state index in [2.05, 4.69) is 0 Å². The molecule has 0 aromatic heterocycles. The number of hydrogen-bond donors (Lipinski definition) is 0. The second-order valence-corrected chi connectivity index (χ2v) is 4.39. The molecule has 13 heavy (non-hydrogen) atoms. The second kappa shape index (κ2) is 3.16. The number of rotatable bonds is 0. The summed E-state index contributed by atoms with van der Waals surface area (Å²) in [6.45, 7) is 7.22. The lowest BCUT2D eigenvalue weighted by atomic mass is 10.0. The predicted molar refractivity (Wildman–Crippen MR) is 47.3 cm³/mol. The maximum Gasteiger partial charge on any atom is 0.410 e. The molecule has 0 spiro atoms. The number of likely N-dealkylation sites (tertiary alicyclic amines) is 1. The highest BCUT2D eigenvalue weighted by atomic mass is 19.1. The Labute approximate surface area is 77.9 Å². The number of nitrogens with zero attached hydrogens (tertiary/aromatic N) is 1. The summed E-state index contributed by atoms with van der Waals surface area (Å²) in [5.41, 5.74) is -0.502. The van der Waals surface area contributed by atoms with E-state index < -0.39 is 17.9 Å². The molecule has 1 aliphatic heterocycles. The van der Waals surface area contributed by atoms with E-state index in [0.29, 0.717) is 0 Å². The molecule has 1 heterocycles. The summed E-state index contributed by atoms with van der Waals surface area (Å²) in [7, 11) is 0. The third-order valence-corrected chi connectivity index (χ3v) is 2.01. The van der Waals surface area contributed by atoms with Crippen LogP contribution >= 0.6 is 0 Å². The molecule has 1 amide bonds. The maximum atomic E-state index is 12.7. The minimum absolute atomic E-state index is 0.163. The molecule has 0 saturated carbocycles. The number of amides is 1. The van der Waals surface area contributed by atoms with Gasteiger partial charge in [0.15, 0.2) is 0 Å². The highest BCUT2D eigenvalue weighted by molar-refractivity contribution is 5.69. The zero-order chi connectivity index (χ0) is 10.2. The number of halogens is 1. The minimum Gasteiger partial charge on any atom is -0.444 e. The van der Waals surface area contributed by atoms with Crippen molar-refractivity contribution in [2.24, 2.45) is 0 Å². The van der Waals surface area contributed by atoms with Gasteiger partial charge in [-0.15, -0.1) is 0 Å². The Kier molecular flexibility index (Phi) is 2.50. The topological polar surface area (TPSA) is 29.5 Å². The minimum atomic E-state index is -0.896. The molecule has 0 bridgehead atoms. The lowest BCUT2D eigenvalue weighted by Gasteiger charge is -2.41. The van der Waals surface area contributed by atoms with Crippen molar-refractivity contribution in [2.75, 3.05) is 6.54 Å². The molecule has 76 valence electrons. The van der Waals surface area contributed by atoms with Gasteiger partial charge in [-0.3, -0.25) is 4.90 Å². The third kappa shape index (κ3) is 2.32. The maximum absolute atomic E-state index is 12.7. The van der Waals surface area contributed by atoms with Gasteiger partial charge < -0.3 is 4.74 Å². The van der Waals surface area contributed by atoms with Crippen LogP contribution in [0.5, 0.6) is 0 Å². The van der Waals surface area contributed by atoms with Crippen LogP contribution in [0.25, 0.3) is 0 Å². The lowest BCUT2D eigenvalue weighted by molar-refractivity contribution is -0.0344. The molecule has 0 aliphatic carbocycles.